The molecule has 0 aliphatic heterocycles. The van der Waals surface area contributed by atoms with Gasteiger partial charge in [-0.25, -0.2) is 9.18 Å². The van der Waals surface area contributed by atoms with Gasteiger partial charge < -0.3 is 10.8 Å². The lowest BCUT2D eigenvalue weighted by Crippen LogP contribution is -2.17. The lowest BCUT2D eigenvalue weighted by molar-refractivity contribution is 0.0696. The summed E-state index contributed by atoms with van der Waals surface area (Å²) in [6, 6.07) is 3.87. The Morgan fingerprint density at radius 1 is 1.62 bits per heavy atom. The van der Waals surface area contributed by atoms with Crippen LogP contribution in [0.15, 0.2) is 18.2 Å². The van der Waals surface area contributed by atoms with Gasteiger partial charge >= 0.3 is 5.97 Å². The van der Waals surface area contributed by atoms with Crippen LogP contribution < -0.4 is 5.73 Å². The van der Waals surface area contributed by atoms with E-state index in [1.807, 2.05) is 6.92 Å². The van der Waals surface area contributed by atoms with Crippen LogP contribution in [0.2, 0.25) is 0 Å². The number of carbonyl (C=O) groups is 1. The molecule has 1 unspecified atom stereocenters. The fourth-order valence-electron chi connectivity index (χ4n) is 1.17. The molecule has 0 aromatic heterocycles. The normalized spacial score (nSPS) is 12.4. The summed E-state index contributed by atoms with van der Waals surface area (Å²) in [6.45, 7) is 1.87. The molecular formula is C11H14FNO2S. The first-order valence-electron chi connectivity index (χ1n) is 4.85. The van der Waals surface area contributed by atoms with Gasteiger partial charge in [-0.05, 0) is 30.7 Å². The van der Waals surface area contributed by atoms with Gasteiger partial charge in [0.25, 0.3) is 0 Å². The predicted molar refractivity (Wildman–Crippen MR) is 63.2 cm³/mol. The molecule has 16 heavy (non-hydrogen) atoms. The summed E-state index contributed by atoms with van der Waals surface area (Å²) >= 11 is 1.49. The Bertz CT molecular complexity index is 382. The van der Waals surface area contributed by atoms with Gasteiger partial charge in [0.05, 0.1) is 5.56 Å². The maximum Gasteiger partial charge on any atom is 0.335 e. The fourth-order valence-corrected chi connectivity index (χ4v) is 2.10. The average molecular weight is 243 g/mol. The highest BCUT2D eigenvalue weighted by atomic mass is 32.2. The Balaban J connectivity index is 2.70. The van der Waals surface area contributed by atoms with Crippen LogP contribution in [0.3, 0.4) is 0 Å². The van der Waals surface area contributed by atoms with Gasteiger partial charge in [0.15, 0.2) is 0 Å². The molecular weight excluding hydrogens is 229 g/mol. The van der Waals surface area contributed by atoms with E-state index in [9.17, 15) is 9.18 Å². The van der Waals surface area contributed by atoms with Gasteiger partial charge in [-0.15, -0.1) is 0 Å². The minimum atomic E-state index is -1.04. The Kier molecular flexibility index (Phi) is 4.76. The summed E-state index contributed by atoms with van der Waals surface area (Å²) in [5, 5.41) is 8.76. The molecule has 0 heterocycles. The molecule has 5 heteroatoms. The second-order valence-corrected chi connectivity index (χ2v) is 4.63. The number of nitrogens with two attached hydrogens (primary N) is 1. The van der Waals surface area contributed by atoms with Crippen molar-refractivity contribution in [2.75, 3.05) is 5.75 Å². The molecule has 3 nitrogen and oxygen atoms in total. The number of hydrogen-bond acceptors (Lipinski definition) is 3. The molecule has 0 radical (unpaired) electrons. The fraction of sp³-hybridized carbons (Fsp3) is 0.364. The lowest BCUT2D eigenvalue weighted by atomic mass is 10.1. The number of halogens is 1. The average Bonchev–Trinajstić information content (AvgIpc) is 2.20. The number of rotatable bonds is 5. The van der Waals surface area contributed by atoms with Crippen LogP contribution in [0.25, 0.3) is 0 Å². The molecule has 1 aromatic rings. The third-order valence-corrected chi connectivity index (χ3v) is 3.21. The molecule has 0 saturated heterocycles. The van der Waals surface area contributed by atoms with Crippen LogP contribution in [-0.2, 0) is 5.75 Å². The molecule has 0 bridgehead atoms. The van der Waals surface area contributed by atoms with Crippen LogP contribution in [0.1, 0.15) is 22.8 Å². The van der Waals surface area contributed by atoms with E-state index in [0.29, 0.717) is 11.3 Å². The zero-order valence-electron chi connectivity index (χ0n) is 8.94. The van der Waals surface area contributed by atoms with E-state index >= 15 is 0 Å². The molecule has 0 aliphatic carbocycles. The Morgan fingerprint density at radius 3 is 2.88 bits per heavy atom. The maximum atomic E-state index is 13.3. The summed E-state index contributed by atoms with van der Waals surface area (Å²) in [6.07, 6.45) is 0. The van der Waals surface area contributed by atoms with Crippen molar-refractivity contribution in [2.45, 2.75) is 18.7 Å². The van der Waals surface area contributed by atoms with E-state index < -0.39 is 5.97 Å². The van der Waals surface area contributed by atoms with E-state index in [2.05, 4.69) is 0 Å². The van der Waals surface area contributed by atoms with Gasteiger partial charge in [-0.3, -0.25) is 0 Å². The Hall–Kier alpha value is -1.07. The number of hydrogen-bond donors (Lipinski definition) is 2. The second-order valence-electron chi connectivity index (χ2n) is 3.60. The SMILES string of the molecule is CC(N)CSCc1cc(C(=O)O)ccc1F. The molecule has 1 rings (SSSR count). The van der Waals surface area contributed by atoms with Crippen molar-refractivity contribution in [1.82, 2.24) is 0 Å². The summed E-state index contributed by atoms with van der Waals surface area (Å²) in [4.78, 5) is 10.7. The molecule has 1 atom stereocenters. The third kappa shape index (κ3) is 3.83. The second kappa shape index (κ2) is 5.86. The van der Waals surface area contributed by atoms with Gasteiger partial charge in [-0.1, -0.05) is 0 Å². The predicted octanol–water partition coefficient (Wildman–Crippen LogP) is 2.10. The molecule has 0 saturated carbocycles. The van der Waals surface area contributed by atoms with Crippen molar-refractivity contribution in [1.29, 1.82) is 0 Å². The van der Waals surface area contributed by atoms with Crippen LogP contribution in [0.5, 0.6) is 0 Å². The molecule has 1 aromatic carbocycles. The smallest absolute Gasteiger partial charge is 0.335 e. The summed E-state index contributed by atoms with van der Waals surface area (Å²) in [5.74, 6) is -0.258. The molecule has 3 N–H and O–H groups in total. The zero-order chi connectivity index (χ0) is 12.1. The minimum Gasteiger partial charge on any atom is -0.478 e. The monoisotopic (exact) mass is 243 g/mol. The molecule has 0 spiro atoms. The maximum absolute atomic E-state index is 13.3. The van der Waals surface area contributed by atoms with Gasteiger partial charge in [0, 0.05) is 17.5 Å². The van der Waals surface area contributed by atoms with E-state index in [-0.39, 0.29) is 17.4 Å². The molecule has 0 aliphatic rings. The topological polar surface area (TPSA) is 63.3 Å². The van der Waals surface area contributed by atoms with Crippen molar-refractivity contribution in [3.63, 3.8) is 0 Å². The van der Waals surface area contributed by atoms with Gasteiger partial charge in [0.1, 0.15) is 5.82 Å². The van der Waals surface area contributed by atoms with Crippen LogP contribution in [-0.4, -0.2) is 22.9 Å². The lowest BCUT2D eigenvalue weighted by Gasteiger charge is -2.06. The third-order valence-electron chi connectivity index (χ3n) is 1.93. The summed E-state index contributed by atoms with van der Waals surface area (Å²) < 4.78 is 13.3. The first kappa shape index (κ1) is 13.0. The first-order valence-corrected chi connectivity index (χ1v) is 6.01. The van der Waals surface area contributed by atoms with Crippen molar-refractivity contribution >= 4 is 17.7 Å². The number of carboxylic acid groups (broad SMARTS) is 1. The van der Waals surface area contributed by atoms with Gasteiger partial charge in [0.2, 0.25) is 0 Å². The van der Waals surface area contributed by atoms with Crippen molar-refractivity contribution in [3.05, 3.63) is 35.1 Å². The summed E-state index contributed by atoms with van der Waals surface area (Å²) in [7, 11) is 0. The van der Waals surface area contributed by atoms with Crippen molar-refractivity contribution in [3.8, 4) is 0 Å². The highest BCUT2D eigenvalue weighted by Crippen LogP contribution is 2.17. The molecule has 0 amide bonds. The quantitative estimate of drug-likeness (QED) is 0.831. The number of carboxylic acids is 1. The Morgan fingerprint density at radius 2 is 2.31 bits per heavy atom. The largest absolute Gasteiger partial charge is 0.478 e. The van der Waals surface area contributed by atoms with E-state index in [0.717, 1.165) is 5.75 Å². The van der Waals surface area contributed by atoms with Crippen LogP contribution >= 0.6 is 11.8 Å². The summed E-state index contributed by atoms with van der Waals surface area (Å²) in [5.41, 5.74) is 6.08. The molecule has 0 fully saturated rings. The highest BCUT2D eigenvalue weighted by Gasteiger charge is 2.08. The number of aromatic carboxylic acids is 1. The number of thioether (sulfide) groups is 1. The van der Waals surface area contributed by atoms with E-state index in [1.54, 1.807) is 0 Å². The number of benzene rings is 1. The first-order chi connectivity index (χ1) is 7.50. The van der Waals surface area contributed by atoms with Crippen LogP contribution in [0, 0.1) is 5.82 Å². The standard InChI is InChI=1S/C11H14FNO2S/c1-7(13)5-16-6-9-4-8(11(14)15)2-3-10(9)12/h2-4,7H,5-6,13H2,1H3,(H,14,15). The zero-order valence-corrected chi connectivity index (χ0v) is 9.76. The van der Waals surface area contributed by atoms with E-state index in [4.69, 9.17) is 10.8 Å². The highest BCUT2D eigenvalue weighted by molar-refractivity contribution is 7.98. The van der Waals surface area contributed by atoms with Crippen LogP contribution in [0.4, 0.5) is 4.39 Å². The molecule has 88 valence electrons. The van der Waals surface area contributed by atoms with Crippen molar-refractivity contribution in [2.24, 2.45) is 5.73 Å². The minimum absolute atomic E-state index is 0.0516. The Labute approximate surface area is 97.8 Å². The van der Waals surface area contributed by atoms with E-state index in [1.165, 1.54) is 30.0 Å². The van der Waals surface area contributed by atoms with Gasteiger partial charge in [-0.2, -0.15) is 11.8 Å². The van der Waals surface area contributed by atoms with Crippen molar-refractivity contribution < 1.29 is 14.3 Å².